The van der Waals surface area contributed by atoms with Crippen molar-refractivity contribution in [1.82, 2.24) is 0 Å². The number of aliphatic hydroxyl groups excluding tert-OH is 1. The Bertz CT molecular complexity index is 521. The third-order valence-corrected chi connectivity index (χ3v) is 6.19. The van der Waals surface area contributed by atoms with Crippen LogP contribution in [-0.4, -0.2) is 11.7 Å². The summed E-state index contributed by atoms with van der Waals surface area (Å²) in [7, 11) is 0. The van der Waals surface area contributed by atoms with Gasteiger partial charge in [-0.15, -0.1) is 11.3 Å². The van der Waals surface area contributed by atoms with Gasteiger partial charge in [0.1, 0.15) is 0 Å². The van der Waals surface area contributed by atoms with Gasteiger partial charge in [-0.3, -0.25) is 0 Å². The van der Waals surface area contributed by atoms with Gasteiger partial charge in [0.25, 0.3) is 0 Å². The second kappa shape index (κ2) is 10.9. The van der Waals surface area contributed by atoms with Gasteiger partial charge in [0.2, 0.25) is 0 Å². The lowest BCUT2D eigenvalue weighted by molar-refractivity contribution is 0.224. The molecule has 3 N–H and O–H groups in total. The monoisotopic (exact) mass is 347 g/mol. The molecule has 134 valence electrons. The van der Waals surface area contributed by atoms with E-state index in [1.807, 2.05) is 6.92 Å². The lowest BCUT2D eigenvalue weighted by atomic mass is 9.86. The van der Waals surface area contributed by atoms with Gasteiger partial charge < -0.3 is 10.8 Å². The molecule has 0 aliphatic heterocycles. The van der Waals surface area contributed by atoms with E-state index in [0.29, 0.717) is 0 Å². The minimum Gasteiger partial charge on any atom is -0.396 e. The van der Waals surface area contributed by atoms with Gasteiger partial charge in [-0.2, -0.15) is 0 Å². The fourth-order valence-electron chi connectivity index (χ4n) is 3.52. The van der Waals surface area contributed by atoms with Crippen LogP contribution in [0.5, 0.6) is 0 Å². The van der Waals surface area contributed by atoms with Crippen LogP contribution < -0.4 is 5.73 Å². The number of hydrogen-bond donors (Lipinski definition) is 2. The number of nitrogens with two attached hydrogens (primary N) is 1. The summed E-state index contributed by atoms with van der Waals surface area (Å²) in [6.45, 7) is 2.23. The molecule has 0 spiro atoms. The highest BCUT2D eigenvalue weighted by molar-refractivity contribution is 7.12. The van der Waals surface area contributed by atoms with Crippen molar-refractivity contribution in [1.29, 1.82) is 0 Å². The Morgan fingerprint density at radius 2 is 2.04 bits per heavy atom. The minimum atomic E-state index is 0.0168. The maximum Gasteiger partial charge on any atom is 0.0771 e. The van der Waals surface area contributed by atoms with Crippen LogP contribution in [0.3, 0.4) is 0 Å². The SMILES string of the molecule is C[C@@H](CO)CC(N)c1ccc(C#CCCCCC2CCCCC2)s1. The molecule has 1 aliphatic rings. The van der Waals surface area contributed by atoms with Crippen LogP contribution in [0.25, 0.3) is 0 Å². The van der Waals surface area contributed by atoms with E-state index in [4.69, 9.17) is 10.8 Å². The molecule has 0 bridgehead atoms. The van der Waals surface area contributed by atoms with Gasteiger partial charge >= 0.3 is 0 Å². The van der Waals surface area contributed by atoms with Crippen LogP contribution >= 0.6 is 11.3 Å². The van der Waals surface area contributed by atoms with E-state index in [0.717, 1.165) is 23.6 Å². The number of hydrogen-bond acceptors (Lipinski definition) is 3. The maximum absolute atomic E-state index is 9.13. The van der Waals surface area contributed by atoms with Crippen molar-refractivity contribution in [3.8, 4) is 11.8 Å². The van der Waals surface area contributed by atoms with Crippen molar-refractivity contribution in [2.75, 3.05) is 6.61 Å². The third-order valence-electron chi connectivity index (χ3n) is 5.06. The number of unbranched alkanes of at least 4 members (excludes halogenated alkanes) is 2. The van der Waals surface area contributed by atoms with Crippen LogP contribution in [0, 0.1) is 23.7 Å². The van der Waals surface area contributed by atoms with Crippen LogP contribution in [0.15, 0.2) is 12.1 Å². The molecule has 0 radical (unpaired) electrons. The van der Waals surface area contributed by atoms with Gasteiger partial charge in [0.15, 0.2) is 0 Å². The molecule has 1 unspecified atom stereocenters. The normalized spacial score (nSPS) is 18.0. The molecule has 1 saturated carbocycles. The Hall–Kier alpha value is -0.820. The second-order valence-electron chi connectivity index (χ2n) is 7.38. The third kappa shape index (κ3) is 6.97. The molecule has 1 aromatic heterocycles. The highest BCUT2D eigenvalue weighted by Gasteiger charge is 2.13. The van der Waals surface area contributed by atoms with Crippen molar-refractivity contribution < 1.29 is 5.11 Å². The second-order valence-corrected chi connectivity index (χ2v) is 8.50. The average Bonchev–Trinajstić information content (AvgIpc) is 3.08. The van der Waals surface area contributed by atoms with Gasteiger partial charge in [0.05, 0.1) is 4.88 Å². The van der Waals surface area contributed by atoms with E-state index in [1.165, 1.54) is 56.2 Å². The topological polar surface area (TPSA) is 46.2 Å². The van der Waals surface area contributed by atoms with E-state index in [1.54, 1.807) is 11.3 Å². The summed E-state index contributed by atoms with van der Waals surface area (Å²) < 4.78 is 0. The first kappa shape index (κ1) is 19.5. The summed E-state index contributed by atoms with van der Waals surface area (Å²) in [6.07, 6.45) is 13.1. The lowest BCUT2D eigenvalue weighted by Crippen LogP contribution is -2.14. The number of aliphatic hydroxyl groups is 1. The summed E-state index contributed by atoms with van der Waals surface area (Å²) in [5.41, 5.74) is 6.20. The molecule has 0 amide bonds. The van der Waals surface area contributed by atoms with Crippen LogP contribution in [-0.2, 0) is 0 Å². The van der Waals surface area contributed by atoms with Gasteiger partial charge in [-0.25, -0.2) is 0 Å². The van der Waals surface area contributed by atoms with Crippen molar-refractivity contribution in [3.05, 3.63) is 21.9 Å². The quantitative estimate of drug-likeness (QED) is 0.498. The molecule has 2 atom stereocenters. The molecular formula is C21H33NOS. The predicted molar refractivity (Wildman–Crippen MR) is 104 cm³/mol. The van der Waals surface area contributed by atoms with E-state index in [9.17, 15) is 0 Å². The van der Waals surface area contributed by atoms with E-state index >= 15 is 0 Å². The zero-order chi connectivity index (χ0) is 17.2. The standard InChI is InChI=1S/C21H33NOS/c1-17(16-23)15-20(22)21-14-13-19(24-21)12-8-3-2-5-9-18-10-6-4-7-11-18/h13-14,17-18,20,23H,2-7,9-11,15-16,22H2,1H3/t17-,20?/m1/s1. The summed E-state index contributed by atoms with van der Waals surface area (Å²) in [5, 5.41) is 9.13. The Kier molecular flexibility index (Phi) is 8.88. The molecule has 0 aromatic carbocycles. The Labute approximate surface area is 151 Å². The van der Waals surface area contributed by atoms with E-state index < -0.39 is 0 Å². The first-order valence-corrected chi connectivity index (χ1v) is 10.5. The minimum absolute atomic E-state index is 0.0168. The van der Waals surface area contributed by atoms with E-state index in [2.05, 4.69) is 24.0 Å². The van der Waals surface area contributed by atoms with Gasteiger partial charge in [0, 0.05) is 23.9 Å². The Balaban J connectivity index is 1.66. The number of thiophene rings is 1. The summed E-state index contributed by atoms with van der Waals surface area (Å²) in [6, 6.07) is 4.19. The summed E-state index contributed by atoms with van der Waals surface area (Å²) in [4.78, 5) is 2.29. The first-order chi connectivity index (χ1) is 11.7. The molecule has 1 aliphatic carbocycles. The van der Waals surface area contributed by atoms with Gasteiger partial charge in [-0.05, 0) is 36.8 Å². The largest absolute Gasteiger partial charge is 0.396 e. The van der Waals surface area contributed by atoms with Crippen molar-refractivity contribution in [2.45, 2.75) is 77.2 Å². The first-order valence-electron chi connectivity index (χ1n) is 9.64. The van der Waals surface area contributed by atoms with E-state index in [-0.39, 0.29) is 18.6 Å². The molecule has 0 saturated heterocycles. The van der Waals surface area contributed by atoms with Crippen molar-refractivity contribution in [3.63, 3.8) is 0 Å². The predicted octanol–water partition coefficient (Wildman–Crippen LogP) is 5.26. The molecule has 1 fully saturated rings. The summed E-state index contributed by atoms with van der Waals surface area (Å²) in [5.74, 6) is 7.86. The maximum atomic E-state index is 9.13. The summed E-state index contributed by atoms with van der Waals surface area (Å²) >= 11 is 1.70. The van der Waals surface area contributed by atoms with Crippen LogP contribution in [0.2, 0.25) is 0 Å². The molecule has 24 heavy (non-hydrogen) atoms. The van der Waals surface area contributed by atoms with Gasteiger partial charge in [-0.1, -0.05) is 63.7 Å². The zero-order valence-electron chi connectivity index (χ0n) is 15.1. The smallest absolute Gasteiger partial charge is 0.0771 e. The fraction of sp³-hybridized carbons (Fsp3) is 0.714. The molecule has 2 nitrogen and oxygen atoms in total. The lowest BCUT2D eigenvalue weighted by Gasteiger charge is -2.20. The molecule has 3 heteroatoms. The Morgan fingerprint density at radius 3 is 2.79 bits per heavy atom. The zero-order valence-corrected chi connectivity index (χ0v) is 15.9. The van der Waals surface area contributed by atoms with Crippen LogP contribution in [0.4, 0.5) is 0 Å². The van der Waals surface area contributed by atoms with Crippen LogP contribution in [0.1, 0.15) is 86.9 Å². The van der Waals surface area contributed by atoms with Crippen molar-refractivity contribution >= 4 is 11.3 Å². The highest BCUT2D eigenvalue weighted by atomic mass is 32.1. The molecular weight excluding hydrogens is 314 g/mol. The molecule has 2 rings (SSSR count). The highest BCUT2D eigenvalue weighted by Crippen LogP contribution is 2.28. The number of rotatable bonds is 8. The average molecular weight is 348 g/mol. The Morgan fingerprint density at radius 1 is 1.25 bits per heavy atom. The van der Waals surface area contributed by atoms with Crippen molar-refractivity contribution in [2.24, 2.45) is 17.6 Å². The molecule has 1 heterocycles. The fourth-order valence-corrected chi connectivity index (χ4v) is 4.41. The molecule has 1 aromatic rings.